The zero-order valence-electron chi connectivity index (χ0n) is 15.7. The molecule has 2 amide bonds. The van der Waals surface area contributed by atoms with Crippen molar-refractivity contribution in [2.75, 3.05) is 6.54 Å². The van der Waals surface area contributed by atoms with Crippen LogP contribution in [-0.4, -0.2) is 22.0 Å². The van der Waals surface area contributed by atoms with Crippen molar-refractivity contribution in [2.24, 2.45) is 0 Å². The molecule has 0 aliphatic rings. The number of benzene rings is 2. The number of nitrogens with zero attached hydrogens (tertiary/aromatic N) is 2. The van der Waals surface area contributed by atoms with Crippen LogP contribution < -0.4 is 5.32 Å². The second kappa shape index (κ2) is 9.55. The van der Waals surface area contributed by atoms with Gasteiger partial charge in [-0.15, -0.1) is 6.58 Å². The summed E-state index contributed by atoms with van der Waals surface area (Å²) in [6, 6.07) is 20.1. The molecule has 0 spiro atoms. The standard InChI is InChI=1S/C23H24FN3O/c1-2-14-27(23(28)25-16-19-7-4-3-5-8-19)18-22-9-6-15-26(22)17-20-10-12-21(24)13-11-20/h2-13,15H,1,14,16-18H2,(H,25,28). The number of amides is 2. The smallest absolute Gasteiger partial charge is 0.318 e. The molecule has 5 heteroatoms. The first-order valence-corrected chi connectivity index (χ1v) is 9.22. The maximum atomic E-state index is 13.1. The second-order valence-electron chi connectivity index (χ2n) is 6.57. The van der Waals surface area contributed by atoms with E-state index in [1.807, 2.05) is 48.7 Å². The second-order valence-corrected chi connectivity index (χ2v) is 6.57. The fourth-order valence-electron chi connectivity index (χ4n) is 2.99. The lowest BCUT2D eigenvalue weighted by atomic mass is 10.2. The number of urea groups is 1. The first-order chi connectivity index (χ1) is 13.7. The van der Waals surface area contributed by atoms with Crippen molar-refractivity contribution in [1.29, 1.82) is 0 Å². The topological polar surface area (TPSA) is 37.3 Å². The van der Waals surface area contributed by atoms with Crippen LogP contribution in [0, 0.1) is 5.82 Å². The minimum Gasteiger partial charge on any atom is -0.345 e. The molecule has 0 aliphatic carbocycles. The number of carbonyl (C=O) groups excluding carboxylic acids is 1. The molecule has 3 aromatic rings. The third kappa shape index (κ3) is 5.33. The van der Waals surface area contributed by atoms with Gasteiger partial charge in [0.1, 0.15) is 5.82 Å². The van der Waals surface area contributed by atoms with Gasteiger partial charge in [0, 0.05) is 31.5 Å². The number of nitrogens with one attached hydrogen (secondary N) is 1. The molecule has 3 rings (SSSR count). The lowest BCUT2D eigenvalue weighted by Gasteiger charge is -2.23. The van der Waals surface area contributed by atoms with E-state index < -0.39 is 0 Å². The van der Waals surface area contributed by atoms with Gasteiger partial charge in [0.15, 0.2) is 0 Å². The van der Waals surface area contributed by atoms with Crippen molar-refractivity contribution in [3.05, 3.63) is 108 Å². The number of halogens is 1. The number of hydrogen-bond donors (Lipinski definition) is 1. The summed E-state index contributed by atoms with van der Waals surface area (Å²) in [5, 5.41) is 2.96. The van der Waals surface area contributed by atoms with Gasteiger partial charge in [-0.3, -0.25) is 0 Å². The van der Waals surface area contributed by atoms with Crippen molar-refractivity contribution in [3.63, 3.8) is 0 Å². The van der Waals surface area contributed by atoms with Crippen LogP contribution in [0.2, 0.25) is 0 Å². The van der Waals surface area contributed by atoms with Crippen LogP contribution in [0.5, 0.6) is 0 Å². The minimum absolute atomic E-state index is 0.140. The summed E-state index contributed by atoms with van der Waals surface area (Å²) >= 11 is 0. The monoisotopic (exact) mass is 377 g/mol. The average molecular weight is 377 g/mol. The SMILES string of the molecule is C=CCN(Cc1cccn1Cc1ccc(F)cc1)C(=O)NCc1ccccc1. The molecule has 0 bridgehead atoms. The van der Waals surface area contributed by atoms with E-state index in [9.17, 15) is 9.18 Å². The van der Waals surface area contributed by atoms with Crippen molar-refractivity contribution in [2.45, 2.75) is 19.6 Å². The Bertz CT molecular complexity index is 903. The Morgan fingerprint density at radius 1 is 1.04 bits per heavy atom. The Balaban J connectivity index is 1.65. The molecule has 0 fully saturated rings. The van der Waals surface area contributed by atoms with Gasteiger partial charge in [0.25, 0.3) is 0 Å². The molecule has 2 aromatic carbocycles. The van der Waals surface area contributed by atoms with Crippen LogP contribution in [0.15, 0.2) is 85.6 Å². The largest absolute Gasteiger partial charge is 0.345 e. The third-order valence-electron chi connectivity index (χ3n) is 4.47. The summed E-state index contributed by atoms with van der Waals surface area (Å²) in [4.78, 5) is 14.4. The van der Waals surface area contributed by atoms with E-state index in [4.69, 9.17) is 0 Å². The molecule has 1 aromatic heterocycles. The van der Waals surface area contributed by atoms with E-state index in [1.54, 1.807) is 23.1 Å². The van der Waals surface area contributed by atoms with Crippen LogP contribution in [0.4, 0.5) is 9.18 Å². The number of hydrogen-bond acceptors (Lipinski definition) is 1. The van der Waals surface area contributed by atoms with E-state index in [0.29, 0.717) is 26.2 Å². The zero-order chi connectivity index (χ0) is 19.8. The van der Waals surface area contributed by atoms with E-state index >= 15 is 0 Å². The summed E-state index contributed by atoms with van der Waals surface area (Å²) in [7, 11) is 0. The lowest BCUT2D eigenvalue weighted by molar-refractivity contribution is 0.199. The van der Waals surface area contributed by atoms with Gasteiger partial charge in [-0.2, -0.15) is 0 Å². The van der Waals surface area contributed by atoms with Crippen LogP contribution >= 0.6 is 0 Å². The van der Waals surface area contributed by atoms with Crippen molar-refractivity contribution < 1.29 is 9.18 Å². The van der Waals surface area contributed by atoms with Crippen molar-refractivity contribution in [3.8, 4) is 0 Å². The van der Waals surface area contributed by atoms with Crippen LogP contribution in [0.3, 0.4) is 0 Å². The maximum absolute atomic E-state index is 13.1. The predicted octanol–water partition coefficient (Wildman–Crippen LogP) is 4.57. The fraction of sp³-hybridized carbons (Fsp3) is 0.174. The number of carbonyl (C=O) groups is 1. The summed E-state index contributed by atoms with van der Waals surface area (Å²) in [6.07, 6.45) is 3.68. The molecule has 0 aliphatic heterocycles. The summed E-state index contributed by atoms with van der Waals surface area (Å²) in [5.41, 5.74) is 3.05. The molecule has 0 atom stereocenters. The molecule has 28 heavy (non-hydrogen) atoms. The Morgan fingerprint density at radius 2 is 1.79 bits per heavy atom. The molecular formula is C23H24FN3O. The normalized spacial score (nSPS) is 10.5. The zero-order valence-corrected chi connectivity index (χ0v) is 15.7. The minimum atomic E-state index is -0.247. The molecule has 0 radical (unpaired) electrons. The van der Waals surface area contributed by atoms with Gasteiger partial charge in [0.2, 0.25) is 0 Å². The van der Waals surface area contributed by atoms with E-state index in [-0.39, 0.29) is 11.8 Å². The third-order valence-corrected chi connectivity index (χ3v) is 4.47. The summed E-state index contributed by atoms with van der Waals surface area (Å²) < 4.78 is 15.2. The van der Waals surface area contributed by atoms with Crippen LogP contribution in [-0.2, 0) is 19.6 Å². The van der Waals surface area contributed by atoms with Gasteiger partial charge in [-0.05, 0) is 35.4 Å². The summed E-state index contributed by atoms with van der Waals surface area (Å²) in [6.45, 7) is 5.77. The highest BCUT2D eigenvalue weighted by Gasteiger charge is 2.14. The molecule has 1 heterocycles. The highest BCUT2D eigenvalue weighted by Crippen LogP contribution is 2.12. The van der Waals surface area contributed by atoms with Crippen LogP contribution in [0.1, 0.15) is 16.8 Å². The summed E-state index contributed by atoms with van der Waals surface area (Å²) in [5.74, 6) is -0.247. The molecule has 0 saturated heterocycles. The average Bonchev–Trinajstić information content (AvgIpc) is 3.15. The van der Waals surface area contributed by atoms with Crippen molar-refractivity contribution >= 4 is 6.03 Å². The lowest BCUT2D eigenvalue weighted by Crippen LogP contribution is -2.39. The Hall–Kier alpha value is -3.34. The molecule has 0 unspecified atom stereocenters. The van der Waals surface area contributed by atoms with E-state index in [1.165, 1.54) is 12.1 Å². The number of aromatic nitrogens is 1. The first kappa shape index (κ1) is 19.4. The van der Waals surface area contributed by atoms with Gasteiger partial charge in [-0.1, -0.05) is 48.5 Å². The fourth-order valence-corrected chi connectivity index (χ4v) is 2.99. The van der Waals surface area contributed by atoms with Gasteiger partial charge >= 0.3 is 6.03 Å². The maximum Gasteiger partial charge on any atom is 0.318 e. The number of rotatable bonds is 8. The van der Waals surface area contributed by atoms with Crippen molar-refractivity contribution in [1.82, 2.24) is 14.8 Å². The highest BCUT2D eigenvalue weighted by atomic mass is 19.1. The molecule has 144 valence electrons. The van der Waals surface area contributed by atoms with E-state index in [2.05, 4.69) is 16.5 Å². The first-order valence-electron chi connectivity index (χ1n) is 9.22. The molecule has 0 saturated carbocycles. The highest BCUT2D eigenvalue weighted by molar-refractivity contribution is 5.74. The molecular weight excluding hydrogens is 353 g/mol. The Labute approximate surface area is 164 Å². The van der Waals surface area contributed by atoms with E-state index in [0.717, 1.165) is 16.8 Å². The quantitative estimate of drug-likeness (QED) is 0.574. The molecule has 1 N–H and O–H groups in total. The Morgan fingerprint density at radius 3 is 2.50 bits per heavy atom. The van der Waals surface area contributed by atoms with Gasteiger partial charge in [-0.25, -0.2) is 9.18 Å². The predicted molar refractivity (Wildman–Crippen MR) is 109 cm³/mol. The van der Waals surface area contributed by atoms with Gasteiger partial charge in [0.05, 0.1) is 6.54 Å². The molecule has 4 nitrogen and oxygen atoms in total. The van der Waals surface area contributed by atoms with Gasteiger partial charge < -0.3 is 14.8 Å². The van der Waals surface area contributed by atoms with Crippen LogP contribution in [0.25, 0.3) is 0 Å². The Kier molecular flexibility index (Phi) is 6.63.